The quantitative estimate of drug-likeness (QED) is 0.665. The number of esters is 2. The Hall–Kier alpha value is -1.39. The molecule has 5 heteroatoms. The van der Waals surface area contributed by atoms with E-state index >= 15 is 0 Å². The highest BCUT2D eigenvalue weighted by Gasteiger charge is 2.64. The molecule has 4 fully saturated rings. The van der Waals surface area contributed by atoms with Crippen LogP contribution in [0.2, 0.25) is 0 Å². The summed E-state index contributed by atoms with van der Waals surface area (Å²) in [7, 11) is 0. The summed E-state index contributed by atoms with van der Waals surface area (Å²) >= 11 is 0. The summed E-state index contributed by atoms with van der Waals surface area (Å²) in [5.41, 5.74) is -0.195. The van der Waals surface area contributed by atoms with E-state index in [1.54, 1.807) is 0 Å². The lowest BCUT2D eigenvalue weighted by molar-refractivity contribution is -0.175. The van der Waals surface area contributed by atoms with Crippen molar-refractivity contribution in [1.82, 2.24) is 0 Å². The van der Waals surface area contributed by atoms with Gasteiger partial charge in [0.25, 0.3) is 0 Å². The predicted octanol–water partition coefficient (Wildman–Crippen LogP) is 4.07. The van der Waals surface area contributed by atoms with Gasteiger partial charge in [-0.2, -0.15) is 0 Å². The Bertz CT molecular complexity index is 686. The number of fused-ring (bicyclic) bond motifs is 5. The van der Waals surface area contributed by atoms with Crippen LogP contribution in [0.5, 0.6) is 0 Å². The molecule has 0 bridgehead atoms. The van der Waals surface area contributed by atoms with Gasteiger partial charge in [-0.25, -0.2) is 0 Å². The lowest BCUT2D eigenvalue weighted by atomic mass is 9.44. The molecule has 4 rings (SSSR count). The van der Waals surface area contributed by atoms with Gasteiger partial charge < -0.3 is 9.47 Å². The maximum absolute atomic E-state index is 13.5. The number of rotatable bonds is 2. The summed E-state index contributed by atoms with van der Waals surface area (Å²) < 4.78 is 11.2. The van der Waals surface area contributed by atoms with Gasteiger partial charge in [-0.1, -0.05) is 13.8 Å². The van der Waals surface area contributed by atoms with E-state index in [-0.39, 0.29) is 40.9 Å². The van der Waals surface area contributed by atoms with Gasteiger partial charge in [-0.3, -0.25) is 14.4 Å². The van der Waals surface area contributed by atoms with Crippen LogP contribution in [0.15, 0.2) is 0 Å². The molecule has 5 nitrogen and oxygen atoms in total. The molecule has 0 heterocycles. The van der Waals surface area contributed by atoms with E-state index < -0.39 is 0 Å². The molecule has 28 heavy (non-hydrogen) atoms. The molecule has 156 valence electrons. The highest BCUT2D eigenvalue weighted by molar-refractivity contribution is 5.84. The number of hydrogen-bond acceptors (Lipinski definition) is 5. The fourth-order valence-electron chi connectivity index (χ4n) is 7.73. The molecule has 0 amide bonds. The molecule has 8 atom stereocenters. The van der Waals surface area contributed by atoms with E-state index in [1.807, 2.05) is 0 Å². The standard InChI is InChI=1S/C23H34O5/c1-13(24)27-16-9-10-22(3)15(11-16)5-6-17-18-7-8-20(28-14(2)25)23(18,4)12-19(26)21(17)22/h15-18,20-21H,5-12H2,1-4H3/t15-,16-,17-,18-,20+,21+,22-,23-/m0/s1. The summed E-state index contributed by atoms with van der Waals surface area (Å²) in [6.07, 6.45) is 7.24. The van der Waals surface area contributed by atoms with Crippen molar-refractivity contribution in [2.45, 2.75) is 91.3 Å². The van der Waals surface area contributed by atoms with Crippen LogP contribution in [0.25, 0.3) is 0 Å². The number of carbonyl (C=O) groups is 3. The molecule has 0 unspecified atom stereocenters. The SMILES string of the molecule is CC(=O)O[C@H]1CC[C@@]2(C)[C@@H](CC[C@H]3[C@@H]4CC[C@@H](OC(C)=O)[C@@]4(C)CC(=O)[C@@H]32)C1. The Morgan fingerprint density at radius 1 is 0.929 bits per heavy atom. The third-order valence-electron chi connectivity index (χ3n) is 8.85. The van der Waals surface area contributed by atoms with Crippen molar-refractivity contribution in [2.75, 3.05) is 0 Å². The Morgan fingerprint density at radius 2 is 1.64 bits per heavy atom. The summed E-state index contributed by atoms with van der Waals surface area (Å²) in [4.78, 5) is 36.5. The van der Waals surface area contributed by atoms with Crippen LogP contribution < -0.4 is 0 Å². The van der Waals surface area contributed by atoms with Crippen LogP contribution in [-0.2, 0) is 23.9 Å². The summed E-state index contributed by atoms with van der Waals surface area (Å²) in [6, 6.07) is 0. The topological polar surface area (TPSA) is 69.7 Å². The molecule has 4 aliphatic rings. The fraction of sp³-hybridized carbons (Fsp3) is 0.870. The molecule has 0 saturated heterocycles. The van der Waals surface area contributed by atoms with Crippen molar-refractivity contribution < 1.29 is 23.9 Å². The largest absolute Gasteiger partial charge is 0.463 e. The minimum Gasteiger partial charge on any atom is -0.463 e. The highest BCUT2D eigenvalue weighted by atomic mass is 16.5. The van der Waals surface area contributed by atoms with E-state index in [0.29, 0.717) is 30.0 Å². The maximum Gasteiger partial charge on any atom is 0.302 e. The van der Waals surface area contributed by atoms with Crippen molar-refractivity contribution >= 4 is 17.7 Å². The molecular formula is C23H34O5. The van der Waals surface area contributed by atoms with Gasteiger partial charge in [0, 0.05) is 31.6 Å². The Kier molecular flexibility index (Phi) is 4.86. The molecule has 0 radical (unpaired) electrons. The maximum atomic E-state index is 13.5. The zero-order valence-corrected chi connectivity index (χ0v) is 17.7. The predicted molar refractivity (Wildman–Crippen MR) is 103 cm³/mol. The van der Waals surface area contributed by atoms with Crippen LogP contribution in [0, 0.1) is 34.5 Å². The lowest BCUT2D eigenvalue weighted by Crippen LogP contribution is -2.58. The average molecular weight is 391 g/mol. The van der Waals surface area contributed by atoms with Crippen LogP contribution in [0.1, 0.15) is 79.1 Å². The second-order valence-corrected chi connectivity index (χ2v) is 10.4. The minimum absolute atomic E-state index is 0.0101. The molecule has 4 aliphatic carbocycles. The Balaban J connectivity index is 1.57. The van der Waals surface area contributed by atoms with E-state index in [0.717, 1.165) is 44.9 Å². The molecular weight excluding hydrogens is 356 g/mol. The first-order valence-corrected chi connectivity index (χ1v) is 11.0. The molecule has 4 saturated carbocycles. The fourth-order valence-corrected chi connectivity index (χ4v) is 7.73. The minimum atomic E-state index is -0.235. The van der Waals surface area contributed by atoms with Gasteiger partial charge >= 0.3 is 11.9 Å². The number of carbonyl (C=O) groups excluding carboxylic acids is 3. The second-order valence-electron chi connectivity index (χ2n) is 10.4. The molecule has 0 aliphatic heterocycles. The first-order chi connectivity index (χ1) is 13.1. The average Bonchev–Trinajstić information content (AvgIpc) is 2.90. The smallest absolute Gasteiger partial charge is 0.302 e. The number of hydrogen-bond donors (Lipinski definition) is 0. The van der Waals surface area contributed by atoms with Gasteiger partial charge in [-0.05, 0) is 68.1 Å². The second kappa shape index (κ2) is 6.84. The number of ether oxygens (including phenoxy) is 2. The van der Waals surface area contributed by atoms with Crippen LogP contribution in [0.3, 0.4) is 0 Å². The van der Waals surface area contributed by atoms with Crippen molar-refractivity contribution in [3.8, 4) is 0 Å². The normalized spacial score (nSPS) is 47.5. The van der Waals surface area contributed by atoms with E-state index in [4.69, 9.17) is 9.47 Å². The first-order valence-electron chi connectivity index (χ1n) is 11.0. The van der Waals surface area contributed by atoms with Gasteiger partial charge in [0.2, 0.25) is 0 Å². The van der Waals surface area contributed by atoms with Crippen LogP contribution in [0.4, 0.5) is 0 Å². The zero-order chi connectivity index (χ0) is 20.3. The summed E-state index contributed by atoms with van der Waals surface area (Å²) in [6.45, 7) is 7.45. The van der Waals surface area contributed by atoms with E-state index in [1.165, 1.54) is 13.8 Å². The van der Waals surface area contributed by atoms with Crippen molar-refractivity contribution in [1.29, 1.82) is 0 Å². The summed E-state index contributed by atoms with van der Waals surface area (Å²) in [5.74, 6) is 1.36. The van der Waals surface area contributed by atoms with Gasteiger partial charge in [-0.15, -0.1) is 0 Å². The summed E-state index contributed by atoms with van der Waals surface area (Å²) in [5, 5.41) is 0. The number of ketones is 1. The molecule has 0 aromatic carbocycles. The molecule has 0 N–H and O–H groups in total. The molecule has 0 aromatic rings. The molecule has 0 spiro atoms. The van der Waals surface area contributed by atoms with Crippen molar-refractivity contribution in [3.05, 3.63) is 0 Å². The van der Waals surface area contributed by atoms with Crippen molar-refractivity contribution in [3.63, 3.8) is 0 Å². The van der Waals surface area contributed by atoms with Gasteiger partial charge in [0.05, 0.1) is 0 Å². The monoisotopic (exact) mass is 390 g/mol. The number of Topliss-reactive ketones (excluding diaryl/α,β-unsaturated/α-hetero) is 1. The van der Waals surface area contributed by atoms with Crippen LogP contribution in [-0.4, -0.2) is 29.9 Å². The Labute approximate surface area is 167 Å². The van der Waals surface area contributed by atoms with E-state index in [9.17, 15) is 14.4 Å². The lowest BCUT2D eigenvalue weighted by Gasteiger charge is -2.59. The third kappa shape index (κ3) is 3.00. The van der Waals surface area contributed by atoms with Gasteiger partial charge in [0.1, 0.15) is 18.0 Å². The van der Waals surface area contributed by atoms with Crippen LogP contribution >= 0.6 is 0 Å². The van der Waals surface area contributed by atoms with E-state index in [2.05, 4.69) is 13.8 Å². The zero-order valence-electron chi connectivity index (χ0n) is 17.7. The molecule has 0 aromatic heterocycles. The highest BCUT2D eigenvalue weighted by Crippen LogP contribution is 2.65. The third-order valence-corrected chi connectivity index (χ3v) is 8.85. The first kappa shape index (κ1) is 19.9. The Morgan fingerprint density at radius 3 is 2.32 bits per heavy atom. The van der Waals surface area contributed by atoms with Gasteiger partial charge in [0.15, 0.2) is 0 Å². The van der Waals surface area contributed by atoms with Crippen molar-refractivity contribution in [2.24, 2.45) is 34.5 Å².